The second-order valence-corrected chi connectivity index (χ2v) is 4.54. The van der Waals surface area contributed by atoms with Gasteiger partial charge in [-0.1, -0.05) is 0 Å². The zero-order valence-electron chi connectivity index (χ0n) is 10.6. The van der Waals surface area contributed by atoms with Crippen LogP contribution in [0.5, 0.6) is 0 Å². The molecule has 0 radical (unpaired) electrons. The van der Waals surface area contributed by atoms with Crippen LogP contribution in [0.4, 0.5) is 17.1 Å². The Morgan fingerprint density at radius 2 is 1.68 bits per heavy atom. The van der Waals surface area contributed by atoms with Crippen molar-refractivity contribution in [2.45, 2.75) is 18.7 Å². The molecule has 0 spiro atoms. The average Bonchev–Trinajstić information content (AvgIpc) is 2.28. The van der Waals surface area contributed by atoms with E-state index in [1.807, 2.05) is 0 Å². The van der Waals surface area contributed by atoms with Crippen LogP contribution in [-0.2, 0) is 9.59 Å². The monoisotopic (exact) mass is 283 g/mol. The molecular formula is C11H13N3O4S. The van der Waals surface area contributed by atoms with Crippen LogP contribution < -0.4 is 10.6 Å². The third-order valence-electron chi connectivity index (χ3n) is 2.14. The number of nitrogens with zero attached hydrogens (tertiary/aromatic N) is 1. The summed E-state index contributed by atoms with van der Waals surface area (Å²) in [4.78, 5) is 33.1. The van der Waals surface area contributed by atoms with E-state index in [2.05, 4.69) is 10.6 Å². The zero-order valence-corrected chi connectivity index (χ0v) is 11.5. The number of carbonyl (C=O) groups is 2. The van der Waals surface area contributed by atoms with Crippen molar-refractivity contribution in [1.29, 1.82) is 0 Å². The highest BCUT2D eigenvalue weighted by molar-refractivity contribution is 7.98. The van der Waals surface area contributed by atoms with Gasteiger partial charge in [-0.25, -0.2) is 0 Å². The SMILES string of the molecule is CSc1cc(NC(C)=O)c([N+](=O)[O-])cc1NC(C)=O. The first-order valence-electron chi connectivity index (χ1n) is 5.26. The number of benzene rings is 1. The molecule has 0 unspecified atom stereocenters. The Hall–Kier alpha value is -2.09. The number of amides is 2. The number of rotatable bonds is 4. The molecule has 0 aromatic heterocycles. The molecule has 0 heterocycles. The summed E-state index contributed by atoms with van der Waals surface area (Å²) in [6.07, 6.45) is 1.77. The summed E-state index contributed by atoms with van der Waals surface area (Å²) >= 11 is 1.31. The van der Waals surface area contributed by atoms with Crippen molar-refractivity contribution in [3.05, 3.63) is 22.2 Å². The fourth-order valence-electron chi connectivity index (χ4n) is 1.47. The van der Waals surface area contributed by atoms with E-state index >= 15 is 0 Å². The molecule has 0 saturated heterocycles. The normalized spacial score (nSPS) is 9.84. The molecule has 19 heavy (non-hydrogen) atoms. The van der Waals surface area contributed by atoms with Crippen molar-refractivity contribution in [2.24, 2.45) is 0 Å². The number of carbonyl (C=O) groups excluding carboxylic acids is 2. The van der Waals surface area contributed by atoms with E-state index in [1.165, 1.54) is 37.7 Å². The van der Waals surface area contributed by atoms with Crippen LogP contribution in [-0.4, -0.2) is 23.0 Å². The Labute approximate surface area is 113 Å². The van der Waals surface area contributed by atoms with Crippen LogP contribution >= 0.6 is 11.8 Å². The lowest BCUT2D eigenvalue weighted by atomic mass is 10.2. The molecule has 2 amide bonds. The van der Waals surface area contributed by atoms with Gasteiger partial charge in [-0.15, -0.1) is 11.8 Å². The number of nitro benzene ring substituents is 1. The van der Waals surface area contributed by atoms with Crippen molar-refractivity contribution in [3.8, 4) is 0 Å². The van der Waals surface area contributed by atoms with Crippen molar-refractivity contribution in [1.82, 2.24) is 0 Å². The second-order valence-electron chi connectivity index (χ2n) is 3.69. The quantitative estimate of drug-likeness (QED) is 0.501. The molecule has 102 valence electrons. The molecule has 0 fully saturated rings. The molecule has 0 aliphatic carbocycles. The molecule has 1 aromatic rings. The first-order chi connectivity index (χ1) is 8.85. The predicted molar refractivity (Wildman–Crippen MR) is 73.5 cm³/mol. The van der Waals surface area contributed by atoms with Gasteiger partial charge in [0.05, 0.1) is 10.6 Å². The lowest BCUT2D eigenvalue weighted by Gasteiger charge is -2.11. The average molecular weight is 283 g/mol. The van der Waals surface area contributed by atoms with Gasteiger partial charge >= 0.3 is 0 Å². The molecule has 1 rings (SSSR count). The highest BCUT2D eigenvalue weighted by Gasteiger charge is 2.19. The Bertz CT molecular complexity index is 545. The van der Waals surface area contributed by atoms with Gasteiger partial charge in [0.2, 0.25) is 11.8 Å². The van der Waals surface area contributed by atoms with E-state index in [4.69, 9.17) is 0 Å². The first-order valence-corrected chi connectivity index (χ1v) is 6.49. The molecule has 1 aromatic carbocycles. The summed E-state index contributed by atoms with van der Waals surface area (Å²) in [6.45, 7) is 2.59. The molecule has 0 saturated carbocycles. The Morgan fingerprint density at radius 3 is 2.11 bits per heavy atom. The van der Waals surface area contributed by atoms with Gasteiger partial charge in [0.15, 0.2) is 0 Å². The summed E-state index contributed by atoms with van der Waals surface area (Å²) in [7, 11) is 0. The van der Waals surface area contributed by atoms with Gasteiger partial charge in [-0.3, -0.25) is 19.7 Å². The minimum Gasteiger partial charge on any atom is -0.325 e. The number of nitro groups is 1. The fourth-order valence-corrected chi connectivity index (χ4v) is 2.03. The van der Waals surface area contributed by atoms with Gasteiger partial charge in [0, 0.05) is 24.8 Å². The molecule has 0 atom stereocenters. The van der Waals surface area contributed by atoms with Crippen LogP contribution in [0.1, 0.15) is 13.8 Å². The number of thioether (sulfide) groups is 1. The van der Waals surface area contributed by atoms with Crippen LogP contribution in [0.3, 0.4) is 0 Å². The smallest absolute Gasteiger partial charge is 0.294 e. The molecule has 8 heteroatoms. The summed E-state index contributed by atoms with van der Waals surface area (Å²) in [5.41, 5.74) is 0.188. The maximum absolute atomic E-state index is 11.1. The van der Waals surface area contributed by atoms with E-state index in [-0.39, 0.29) is 17.3 Å². The third kappa shape index (κ3) is 3.95. The third-order valence-corrected chi connectivity index (χ3v) is 2.91. The summed E-state index contributed by atoms with van der Waals surface area (Å²) in [5, 5.41) is 15.9. The topological polar surface area (TPSA) is 101 Å². The van der Waals surface area contributed by atoms with Crippen molar-refractivity contribution in [2.75, 3.05) is 16.9 Å². The van der Waals surface area contributed by atoms with E-state index < -0.39 is 10.8 Å². The minimum atomic E-state index is -0.610. The van der Waals surface area contributed by atoms with Crippen LogP contribution in [0, 0.1) is 10.1 Å². The summed E-state index contributed by atoms with van der Waals surface area (Å²) in [6, 6.07) is 2.70. The lowest BCUT2D eigenvalue weighted by Crippen LogP contribution is -2.11. The maximum atomic E-state index is 11.1. The fraction of sp³-hybridized carbons (Fsp3) is 0.273. The Morgan fingerprint density at radius 1 is 1.16 bits per heavy atom. The van der Waals surface area contributed by atoms with Gasteiger partial charge in [-0.05, 0) is 12.3 Å². The van der Waals surface area contributed by atoms with Crippen molar-refractivity contribution < 1.29 is 14.5 Å². The Kier molecular flexibility index (Phi) is 4.87. The number of nitrogens with one attached hydrogen (secondary N) is 2. The van der Waals surface area contributed by atoms with Gasteiger partial charge in [-0.2, -0.15) is 0 Å². The molecule has 7 nitrogen and oxygen atoms in total. The molecule has 0 aliphatic heterocycles. The van der Waals surface area contributed by atoms with Crippen LogP contribution in [0.15, 0.2) is 17.0 Å². The van der Waals surface area contributed by atoms with E-state index in [0.717, 1.165) is 0 Å². The Balaban J connectivity index is 3.36. The van der Waals surface area contributed by atoms with E-state index in [9.17, 15) is 19.7 Å². The van der Waals surface area contributed by atoms with E-state index in [0.29, 0.717) is 10.6 Å². The first kappa shape index (κ1) is 15.0. The van der Waals surface area contributed by atoms with Gasteiger partial charge in [0.25, 0.3) is 5.69 Å². The molecule has 0 bridgehead atoms. The standard InChI is InChI=1S/C11H13N3O4S/c1-6(15)12-8-5-11(19-3)9(13-7(2)16)4-10(8)14(17)18/h4-5H,1-3H3,(H,12,15)(H,13,16). The van der Waals surface area contributed by atoms with Crippen LogP contribution in [0.25, 0.3) is 0 Å². The summed E-state index contributed by atoms with van der Waals surface area (Å²) in [5.74, 6) is -0.723. The number of hydrogen-bond acceptors (Lipinski definition) is 5. The van der Waals surface area contributed by atoms with Crippen molar-refractivity contribution >= 4 is 40.6 Å². The van der Waals surface area contributed by atoms with Gasteiger partial charge in [0.1, 0.15) is 5.69 Å². The molecular weight excluding hydrogens is 270 g/mol. The number of anilines is 2. The highest BCUT2D eigenvalue weighted by Crippen LogP contribution is 2.36. The molecule has 0 aliphatic rings. The van der Waals surface area contributed by atoms with Crippen LogP contribution in [0.2, 0.25) is 0 Å². The lowest BCUT2D eigenvalue weighted by molar-refractivity contribution is -0.383. The van der Waals surface area contributed by atoms with E-state index in [1.54, 1.807) is 6.26 Å². The minimum absolute atomic E-state index is 0.107. The number of hydrogen-bond donors (Lipinski definition) is 2. The largest absolute Gasteiger partial charge is 0.325 e. The molecule has 2 N–H and O–H groups in total. The zero-order chi connectivity index (χ0) is 14.6. The van der Waals surface area contributed by atoms with Crippen molar-refractivity contribution in [3.63, 3.8) is 0 Å². The second kappa shape index (κ2) is 6.19. The highest BCUT2D eigenvalue weighted by atomic mass is 32.2. The predicted octanol–water partition coefficient (Wildman–Crippen LogP) is 2.23. The summed E-state index contributed by atoms with van der Waals surface area (Å²) < 4.78 is 0. The van der Waals surface area contributed by atoms with Gasteiger partial charge < -0.3 is 10.6 Å². The maximum Gasteiger partial charge on any atom is 0.294 e.